The van der Waals surface area contributed by atoms with Crippen LogP contribution in [0.15, 0.2) is 0 Å². The van der Waals surface area contributed by atoms with Crippen LogP contribution in [0.25, 0.3) is 0 Å². The second-order valence-electron chi connectivity index (χ2n) is 4.47. The molecule has 1 N–H and O–H groups in total. The van der Waals surface area contributed by atoms with Crippen molar-refractivity contribution in [1.29, 1.82) is 0 Å². The zero-order chi connectivity index (χ0) is 10.1. The van der Waals surface area contributed by atoms with Crippen LogP contribution in [0, 0.1) is 11.8 Å². The molecular formula is C12H26O. The molecule has 0 rings (SSSR count). The summed E-state index contributed by atoms with van der Waals surface area (Å²) in [5.41, 5.74) is 0. The molecule has 0 aliphatic rings. The van der Waals surface area contributed by atoms with E-state index in [0.29, 0.717) is 12.5 Å². The summed E-state index contributed by atoms with van der Waals surface area (Å²) in [5.74, 6) is 1.38. The fraction of sp³-hybridized carbons (Fsp3) is 1.00. The molecule has 0 heterocycles. The van der Waals surface area contributed by atoms with Crippen molar-refractivity contribution in [3.8, 4) is 0 Å². The maximum Gasteiger partial charge on any atom is 0.0456 e. The van der Waals surface area contributed by atoms with Crippen molar-refractivity contribution in [1.82, 2.24) is 0 Å². The van der Waals surface area contributed by atoms with Crippen LogP contribution in [0.4, 0.5) is 0 Å². The molecule has 0 saturated carbocycles. The highest BCUT2D eigenvalue weighted by Crippen LogP contribution is 2.17. The molecule has 0 amide bonds. The van der Waals surface area contributed by atoms with Crippen molar-refractivity contribution < 1.29 is 5.11 Å². The molecule has 13 heavy (non-hydrogen) atoms. The molecule has 0 bridgehead atoms. The van der Waals surface area contributed by atoms with Gasteiger partial charge in [-0.25, -0.2) is 0 Å². The number of aliphatic hydroxyl groups excluding tert-OH is 1. The first-order valence-corrected chi connectivity index (χ1v) is 5.81. The van der Waals surface area contributed by atoms with Gasteiger partial charge in [0.05, 0.1) is 0 Å². The summed E-state index contributed by atoms with van der Waals surface area (Å²) < 4.78 is 0. The lowest BCUT2D eigenvalue weighted by Gasteiger charge is -2.12. The second-order valence-corrected chi connectivity index (χ2v) is 4.47. The molecule has 2 atom stereocenters. The van der Waals surface area contributed by atoms with E-state index >= 15 is 0 Å². The van der Waals surface area contributed by atoms with Gasteiger partial charge in [0, 0.05) is 6.61 Å². The standard InChI is InChI=1S/C12H26O/c1-4-5-7-11(2)8-6-9-12(3)10-13/h11-13H,4-10H2,1-3H3/t11-,12-/m0/s1. The molecule has 0 unspecified atom stereocenters. The lowest BCUT2D eigenvalue weighted by molar-refractivity contribution is 0.225. The minimum absolute atomic E-state index is 0.351. The van der Waals surface area contributed by atoms with Crippen LogP contribution in [0.2, 0.25) is 0 Å². The summed E-state index contributed by atoms with van der Waals surface area (Å²) in [7, 11) is 0. The SMILES string of the molecule is CCCC[C@H](C)CCC[C@H](C)CO. The Morgan fingerprint density at radius 3 is 2.00 bits per heavy atom. The predicted molar refractivity (Wildman–Crippen MR) is 58.8 cm³/mol. The number of hydrogen-bond acceptors (Lipinski definition) is 1. The maximum absolute atomic E-state index is 8.84. The molecule has 0 radical (unpaired) electrons. The Morgan fingerprint density at radius 1 is 0.923 bits per heavy atom. The van der Waals surface area contributed by atoms with E-state index in [1.54, 1.807) is 0 Å². The van der Waals surface area contributed by atoms with Crippen molar-refractivity contribution in [2.24, 2.45) is 11.8 Å². The summed E-state index contributed by atoms with van der Waals surface area (Å²) in [4.78, 5) is 0. The minimum atomic E-state index is 0.351. The molecule has 0 aromatic carbocycles. The van der Waals surface area contributed by atoms with Crippen LogP contribution >= 0.6 is 0 Å². The molecule has 0 fully saturated rings. The van der Waals surface area contributed by atoms with Gasteiger partial charge in [-0.2, -0.15) is 0 Å². The smallest absolute Gasteiger partial charge is 0.0456 e. The third-order valence-electron chi connectivity index (χ3n) is 2.76. The van der Waals surface area contributed by atoms with Gasteiger partial charge in [0.25, 0.3) is 0 Å². The molecule has 0 aromatic heterocycles. The van der Waals surface area contributed by atoms with Gasteiger partial charge in [0.1, 0.15) is 0 Å². The molecule has 1 nitrogen and oxygen atoms in total. The van der Waals surface area contributed by atoms with Gasteiger partial charge in [0.2, 0.25) is 0 Å². The number of hydrogen-bond donors (Lipinski definition) is 1. The summed E-state index contributed by atoms with van der Waals surface area (Å²) >= 11 is 0. The first-order chi connectivity index (χ1) is 6.20. The van der Waals surface area contributed by atoms with Crippen molar-refractivity contribution >= 4 is 0 Å². The average molecular weight is 186 g/mol. The van der Waals surface area contributed by atoms with Gasteiger partial charge in [-0.15, -0.1) is 0 Å². The average Bonchev–Trinajstić information content (AvgIpc) is 2.14. The first-order valence-electron chi connectivity index (χ1n) is 5.81. The maximum atomic E-state index is 8.84. The molecule has 80 valence electrons. The lowest BCUT2D eigenvalue weighted by atomic mass is 9.95. The van der Waals surface area contributed by atoms with E-state index in [9.17, 15) is 0 Å². The highest BCUT2D eigenvalue weighted by atomic mass is 16.3. The minimum Gasteiger partial charge on any atom is -0.396 e. The third kappa shape index (κ3) is 8.29. The zero-order valence-corrected chi connectivity index (χ0v) is 9.55. The quantitative estimate of drug-likeness (QED) is 0.614. The topological polar surface area (TPSA) is 20.2 Å². The predicted octanol–water partition coefficient (Wildman–Crippen LogP) is 3.61. The van der Waals surface area contributed by atoms with Gasteiger partial charge in [-0.1, -0.05) is 52.9 Å². The van der Waals surface area contributed by atoms with Crippen LogP contribution in [-0.2, 0) is 0 Å². The largest absolute Gasteiger partial charge is 0.396 e. The van der Waals surface area contributed by atoms with Crippen LogP contribution in [0.5, 0.6) is 0 Å². The molecule has 0 aromatic rings. The second kappa shape index (κ2) is 8.55. The highest BCUT2D eigenvalue weighted by Gasteiger charge is 2.03. The fourth-order valence-corrected chi connectivity index (χ4v) is 1.60. The summed E-state index contributed by atoms with van der Waals surface area (Å²) in [6, 6.07) is 0. The molecule has 1 heteroatoms. The Kier molecular flexibility index (Phi) is 8.53. The highest BCUT2D eigenvalue weighted by molar-refractivity contribution is 4.56. The van der Waals surface area contributed by atoms with E-state index in [4.69, 9.17) is 5.11 Å². The summed E-state index contributed by atoms with van der Waals surface area (Å²) in [5, 5.41) is 8.84. The summed E-state index contributed by atoms with van der Waals surface area (Å²) in [6.45, 7) is 7.07. The van der Waals surface area contributed by atoms with E-state index in [1.165, 1.54) is 38.5 Å². The van der Waals surface area contributed by atoms with Crippen molar-refractivity contribution in [2.45, 2.75) is 59.3 Å². The van der Waals surface area contributed by atoms with E-state index in [-0.39, 0.29) is 0 Å². The summed E-state index contributed by atoms with van der Waals surface area (Å²) in [6.07, 6.45) is 7.88. The third-order valence-corrected chi connectivity index (χ3v) is 2.76. The lowest BCUT2D eigenvalue weighted by Crippen LogP contribution is -2.02. The van der Waals surface area contributed by atoms with E-state index < -0.39 is 0 Å². The Bertz CT molecular complexity index is 101. The number of rotatable bonds is 8. The van der Waals surface area contributed by atoms with Crippen molar-refractivity contribution in [3.63, 3.8) is 0 Å². The zero-order valence-electron chi connectivity index (χ0n) is 9.55. The van der Waals surface area contributed by atoms with E-state index in [0.717, 1.165) is 5.92 Å². The molecular weight excluding hydrogens is 160 g/mol. The van der Waals surface area contributed by atoms with Crippen LogP contribution in [0.3, 0.4) is 0 Å². The van der Waals surface area contributed by atoms with Gasteiger partial charge in [-0.05, 0) is 18.3 Å². The van der Waals surface area contributed by atoms with Crippen molar-refractivity contribution in [2.75, 3.05) is 6.61 Å². The van der Waals surface area contributed by atoms with Crippen LogP contribution in [-0.4, -0.2) is 11.7 Å². The van der Waals surface area contributed by atoms with Crippen LogP contribution < -0.4 is 0 Å². The fourth-order valence-electron chi connectivity index (χ4n) is 1.60. The normalized spacial score (nSPS) is 15.7. The van der Waals surface area contributed by atoms with Gasteiger partial charge in [-0.3, -0.25) is 0 Å². The Morgan fingerprint density at radius 2 is 1.46 bits per heavy atom. The Balaban J connectivity index is 3.21. The molecule has 0 spiro atoms. The molecule has 0 aliphatic heterocycles. The van der Waals surface area contributed by atoms with E-state index in [1.807, 2.05) is 0 Å². The van der Waals surface area contributed by atoms with Gasteiger partial charge >= 0.3 is 0 Å². The van der Waals surface area contributed by atoms with Crippen LogP contribution in [0.1, 0.15) is 59.3 Å². The number of aliphatic hydroxyl groups is 1. The van der Waals surface area contributed by atoms with E-state index in [2.05, 4.69) is 20.8 Å². The Labute approximate surface area is 83.5 Å². The van der Waals surface area contributed by atoms with Gasteiger partial charge in [0.15, 0.2) is 0 Å². The van der Waals surface area contributed by atoms with Gasteiger partial charge < -0.3 is 5.11 Å². The number of unbranched alkanes of at least 4 members (excludes halogenated alkanes) is 1. The molecule has 0 aliphatic carbocycles. The molecule has 0 saturated heterocycles. The monoisotopic (exact) mass is 186 g/mol. The Hall–Kier alpha value is -0.0400. The first kappa shape index (κ1) is 13.0. The van der Waals surface area contributed by atoms with Crippen molar-refractivity contribution in [3.05, 3.63) is 0 Å².